The van der Waals surface area contributed by atoms with Crippen LogP contribution in [0, 0.1) is 11.3 Å². The molecule has 0 aliphatic carbocycles. The molecule has 0 heterocycles. The van der Waals surface area contributed by atoms with Gasteiger partial charge in [0.05, 0.1) is 34.0 Å². The first-order valence-corrected chi connectivity index (χ1v) is 12.2. The number of amides is 1. The van der Waals surface area contributed by atoms with Gasteiger partial charge in [-0.2, -0.15) is 9.57 Å². The zero-order chi connectivity index (χ0) is 22.7. The maximum atomic E-state index is 12.7. The minimum absolute atomic E-state index is 0.0103. The van der Waals surface area contributed by atoms with E-state index in [9.17, 15) is 21.6 Å². The molecule has 1 atom stereocenters. The Morgan fingerprint density at radius 2 is 1.47 bits per heavy atom. The number of sulfonamides is 1. The van der Waals surface area contributed by atoms with Crippen LogP contribution in [0.5, 0.6) is 0 Å². The summed E-state index contributed by atoms with van der Waals surface area (Å²) in [5, 5.41) is 8.83. The number of sulfone groups is 1. The number of nitriles is 1. The van der Waals surface area contributed by atoms with Crippen LogP contribution in [0.25, 0.3) is 0 Å². The van der Waals surface area contributed by atoms with E-state index < -0.39 is 31.8 Å². The molecule has 2 aromatic carbocycles. The van der Waals surface area contributed by atoms with Crippen molar-refractivity contribution in [1.29, 1.82) is 5.26 Å². The van der Waals surface area contributed by atoms with Gasteiger partial charge in [-0.1, -0.05) is 12.1 Å². The van der Waals surface area contributed by atoms with Crippen LogP contribution in [0.15, 0.2) is 58.3 Å². The molecule has 0 bridgehead atoms. The Hall–Kier alpha value is -2.74. The van der Waals surface area contributed by atoms with Crippen molar-refractivity contribution >= 4 is 25.8 Å². The largest absolute Gasteiger partial charge is 0.338 e. The molecule has 0 aliphatic heterocycles. The van der Waals surface area contributed by atoms with Crippen molar-refractivity contribution in [1.82, 2.24) is 9.21 Å². The Morgan fingerprint density at radius 3 is 1.93 bits per heavy atom. The highest BCUT2D eigenvalue weighted by Gasteiger charge is 2.26. The number of rotatable bonds is 7. The third-order valence-electron chi connectivity index (χ3n) is 4.81. The highest BCUT2D eigenvalue weighted by atomic mass is 32.2. The Balaban J connectivity index is 2.12. The molecule has 1 amide bonds. The molecule has 0 saturated carbocycles. The van der Waals surface area contributed by atoms with Gasteiger partial charge in [-0.05, 0) is 48.9 Å². The topological polar surface area (TPSA) is 116 Å². The van der Waals surface area contributed by atoms with Crippen molar-refractivity contribution in [3.8, 4) is 6.07 Å². The molecular weight excluding hydrogens is 426 g/mol. The van der Waals surface area contributed by atoms with Crippen molar-refractivity contribution in [3.63, 3.8) is 0 Å². The van der Waals surface area contributed by atoms with Gasteiger partial charge in [0, 0.05) is 20.4 Å². The first kappa shape index (κ1) is 23.5. The lowest BCUT2D eigenvalue weighted by molar-refractivity contribution is -0.131. The van der Waals surface area contributed by atoms with Crippen LogP contribution in [0.3, 0.4) is 0 Å². The lowest BCUT2D eigenvalue weighted by atomic mass is 10.1. The van der Waals surface area contributed by atoms with E-state index in [0.29, 0.717) is 5.56 Å². The van der Waals surface area contributed by atoms with Crippen LogP contribution in [0.1, 0.15) is 24.1 Å². The Labute approximate surface area is 177 Å². The average molecular weight is 450 g/mol. The molecule has 0 saturated heterocycles. The van der Waals surface area contributed by atoms with Crippen LogP contribution in [0.4, 0.5) is 0 Å². The second kappa shape index (κ2) is 8.95. The third kappa shape index (κ3) is 5.24. The quantitative estimate of drug-likeness (QED) is 0.636. The lowest BCUT2D eigenvalue weighted by Gasteiger charge is -2.27. The molecule has 2 aromatic rings. The van der Waals surface area contributed by atoms with Crippen LogP contribution in [-0.4, -0.2) is 58.8 Å². The molecule has 0 aromatic heterocycles. The van der Waals surface area contributed by atoms with Crippen molar-refractivity contribution in [2.24, 2.45) is 0 Å². The molecule has 0 N–H and O–H groups in total. The van der Waals surface area contributed by atoms with Gasteiger partial charge in [0.15, 0.2) is 9.84 Å². The number of carbonyl (C=O) groups excluding carboxylic acids is 1. The third-order valence-corrected chi connectivity index (χ3v) is 7.76. The molecule has 30 heavy (non-hydrogen) atoms. The number of benzene rings is 2. The van der Waals surface area contributed by atoms with Crippen molar-refractivity contribution in [3.05, 3.63) is 59.7 Å². The summed E-state index contributed by atoms with van der Waals surface area (Å²) in [6.07, 6.45) is 1.12. The Kier molecular flexibility index (Phi) is 7.02. The molecule has 8 nitrogen and oxygen atoms in total. The van der Waals surface area contributed by atoms with E-state index in [-0.39, 0.29) is 16.3 Å². The molecule has 2 rings (SSSR count). The first-order chi connectivity index (χ1) is 13.9. The van der Waals surface area contributed by atoms with Crippen LogP contribution in [-0.2, 0) is 24.7 Å². The molecule has 0 spiro atoms. The van der Waals surface area contributed by atoms with Gasteiger partial charge in [-0.3, -0.25) is 4.79 Å². The normalized spacial score (nSPS) is 12.9. The average Bonchev–Trinajstić information content (AvgIpc) is 2.72. The van der Waals surface area contributed by atoms with E-state index in [1.54, 1.807) is 26.1 Å². The molecule has 10 heteroatoms. The minimum atomic E-state index is -3.90. The van der Waals surface area contributed by atoms with E-state index in [1.165, 1.54) is 48.3 Å². The minimum Gasteiger partial charge on any atom is -0.338 e. The first-order valence-electron chi connectivity index (χ1n) is 8.90. The highest BCUT2D eigenvalue weighted by molar-refractivity contribution is 7.90. The van der Waals surface area contributed by atoms with Crippen LogP contribution < -0.4 is 0 Å². The number of nitrogens with zero attached hydrogens (tertiary/aromatic N) is 3. The van der Waals surface area contributed by atoms with Crippen molar-refractivity contribution in [2.45, 2.75) is 22.8 Å². The van der Waals surface area contributed by atoms with Gasteiger partial charge in [0.25, 0.3) is 0 Å². The summed E-state index contributed by atoms with van der Waals surface area (Å²) >= 11 is 0. The summed E-state index contributed by atoms with van der Waals surface area (Å²) in [7, 11) is -4.35. The van der Waals surface area contributed by atoms with E-state index in [1.807, 2.05) is 6.07 Å². The van der Waals surface area contributed by atoms with Gasteiger partial charge < -0.3 is 4.90 Å². The predicted molar refractivity (Wildman–Crippen MR) is 112 cm³/mol. The van der Waals surface area contributed by atoms with Gasteiger partial charge in [0.1, 0.15) is 0 Å². The number of likely N-dealkylation sites (N-methyl/N-ethyl adjacent to an activating group) is 2. The van der Waals surface area contributed by atoms with Crippen molar-refractivity contribution in [2.75, 3.05) is 26.9 Å². The molecule has 0 radical (unpaired) electrons. The second-order valence-corrected chi connectivity index (χ2v) is 11.0. The zero-order valence-corrected chi connectivity index (χ0v) is 18.7. The summed E-state index contributed by atoms with van der Waals surface area (Å²) in [6, 6.07) is 13.2. The maximum absolute atomic E-state index is 12.7. The monoisotopic (exact) mass is 449 g/mol. The summed E-state index contributed by atoms with van der Waals surface area (Å²) in [5.41, 5.74) is 1.05. The van der Waals surface area contributed by atoms with E-state index in [2.05, 4.69) is 0 Å². The fourth-order valence-electron chi connectivity index (χ4n) is 2.70. The summed E-state index contributed by atoms with van der Waals surface area (Å²) in [5.74, 6) is -0.422. The van der Waals surface area contributed by atoms with Crippen LogP contribution in [0.2, 0.25) is 0 Å². The number of hydrogen-bond donors (Lipinski definition) is 0. The maximum Gasteiger partial charge on any atom is 0.243 e. The van der Waals surface area contributed by atoms with Crippen LogP contribution >= 0.6 is 0 Å². The van der Waals surface area contributed by atoms with Crippen molar-refractivity contribution < 1.29 is 21.6 Å². The number of hydrogen-bond acceptors (Lipinski definition) is 6. The van der Waals surface area contributed by atoms with E-state index >= 15 is 0 Å². The highest BCUT2D eigenvalue weighted by Crippen LogP contribution is 2.22. The SMILES string of the molecule is C[C@H](c1ccc(S(C)(=O)=O)cc1)N(C)C(=O)CN(C)S(=O)(=O)c1ccc(C#N)cc1. The van der Waals surface area contributed by atoms with Gasteiger partial charge in [-0.15, -0.1) is 0 Å². The predicted octanol–water partition coefficient (Wildman–Crippen LogP) is 1.80. The van der Waals surface area contributed by atoms with Gasteiger partial charge in [-0.25, -0.2) is 16.8 Å². The molecule has 0 aliphatic rings. The summed E-state index contributed by atoms with van der Waals surface area (Å²) in [6.45, 7) is 1.40. The molecule has 0 fully saturated rings. The molecular formula is C20H23N3O5S2. The fourth-order valence-corrected chi connectivity index (χ4v) is 4.45. The summed E-state index contributed by atoms with van der Waals surface area (Å²) in [4.78, 5) is 14.2. The fraction of sp³-hybridized carbons (Fsp3) is 0.300. The summed E-state index contributed by atoms with van der Waals surface area (Å²) < 4.78 is 49.5. The zero-order valence-electron chi connectivity index (χ0n) is 17.1. The Bertz CT molecular complexity index is 1170. The molecule has 0 unspecified atom stereocenters. The smallest absolute Gasteiger partial charge is 0.243 e. The van der Waals surface area contributed by atoms with Gasteiger partial charge in [0.2, 0.25) is 15.9 Å². The van der Waals surface area contributed by atoms with Gasteiger partial charge >= 0.3 is 0 Å². The number of carbonyl (C=O) groups is 1. The lowest BCUT2D eigenvalue weighted by Crippen LogP contribution is -2.40. The second-order valence-electron chi connectivity index (χ2n) is 6.92. The molecule has 160 valence electrons. The Morgan fingerprint density at radius 1 is 0.967 bits per heavy atom. The van der Waals surface area contributed by atoms with E-state index in [0.717, 1.165) is 16.1 Å². The van der Waals surface area contributed by atoms with E-state index in [4.69, 9.17) is 5.26 Å². The standard InChI is InChI=1S/C20H23N3O5S2/c1-15(17-7-11-18(12-8-17)29(4,25)26)23(3)20(24)14-22(2)30(27,28)19-9-5-16(13-21)6-10-19/h5-12,15H,14H2,1-4H3/t15-/m1/s1.